The van der Waals surface area contributed by atoms with Gasteiger partial charge in [-0.1, -0.05) is 13.8 Å². The van der Waals surface area contributed by atoms with E-state index in [1.807, 2.05) is 24.5 Å². The highest BCUT2D eigenvalue weighted by molar-refractivity contribution is 5.91. The number of carbonyl (C=O) groups is 1. The number of rotatable bonds is 8. The summed E-state index contributed by atoms with van der Waals surface area (Å²) in [5.74, 6) is 0.543. The van der Waals surface area contributed by atoms with Gasteiger partial charge in [0.1, 0.15) is 5.75 Å². The number of hydrogen-bond donors (Lipinski definition) is 1. The number of nitrogens with one attached hydrogen (secondary N) is 1. The minimum Gasteiger partial charge on any atom is -0.494 e. The zero-order valence-electron chi connectivity index (χ0n) is 15.3. The summed E-state index contributed by atoms with van der Waals surface area (Å²) in [6.07, 6.45) is 5.95. The van der Waals surface area contributed by atoms with Crippen LogP contribution in [0, 0.1) is 10.1 Å². The predicted molar refractivity (Wildman–Crippen MR) is 98.2 cm³/mol. The molecule has 0 fully saturated rings. The van der Waals surface area contributed by atoms with Crippen LogP contribution in [0.15, 0.2) is 42.7 Å². The van der Waals surface area contributed by atoms with Gasteiger partial charge in [-0.05, 0) is 30.4 Å². The van der Waals surface area contributed by atoms with Gasteiger partial charge in [0.25, 0.3) is 11.6 Å². The molecule has 1 aromatic carbocycles. The quantitative estimate of drug-likeness (QED) is 0.445. The second-order valence-electron chi connectivity index (χ2n) is 6.01. The van der Waals surface area contributed by atoms with Crippen molar-refractivity contribution in [3.8, 4) is 5.75 Å². The number of nitro groups is 1. The second-order valence-corrected chi connectivity index (χ2v) is 6.01. The van der Waals surface area contributed by atoms with Crippen molar-refractivity contribution in [1.82, 2.24) is 0 Å². The first-order chi connectivity index (χ1) is 12.5. The van der Waals surface area contributed by atoms with E-state index < -0.39 is 4.92 Å². The summed E-state index contributed by atoms with van der Waals surface area (Å²) in [5, 5.41) is 13.6. The molecule has 0 aliphatic heterocycles. The Bertz CT molecular complexity index is 771. The Morgan fingerprint density at radius 1 is 1.23 bits per heavy atom. The predicted octanol–water partition coefficient (Wildman–Crippen LogP) is 3.43. The standard InChI is InChI=1S/C19H23N3O4/c1-4-14(5-2)15-8-10-21(11-9-15)13-19(23)20-17-7-6-16(22(24)25)12-18(17)26-3/h6-12,14H,4-5,13H2,1-3H3/p+1. The number of ether oxygens (including phenoxy) is 1. The van der Waals surface area contributed by atoms with E-state index in [0.29, 0.717) is 11.6 Å². The van der Waals surface area contributed by atoms with Crippen molar-refractivity contribution in [2.24, 2.45) is 0 Å². The van der Waals surface area contributed by atoms with Gasteiger partial charge in [0.2, 0.25) is 6.54 Å². The molecule has 138 valence electrons. The van der Waals surface area contributed by atoms with Gasteiger partial charge in [-0.2, -0.15) is 4.57 Å². The second kappa shape index (κ2) is 8.94. The van der Waals surface area contributed by atoms with Crippen molar-refractivity contribution in [3.63, 3.8) is 0 Å². The molecule has 26 heavy (non-hydrogen) atoms. The van der Waals surface area contributed by atoms with Crippen LogP contribution in [0.3, 0.4) is 0 Å². The van der Waals surface area contributed by atoms with E-state index in [1.165, 1.54) is 30.9 Å². The topological polar surface area (TPSA) is 85.3 Å². The molecular formula is C19H24N3O4+. The summed E-state index contributed by atoms with van der Waals surface area (Å²) in [7, 11) is 1.40. The Morgan fingerprint density at radius 3 is 2.42 bits per heavy atom. The zero-order valence-corrected chi connectivity index (χ0v) is 15.3. The number of nitrogens with zero attached hydrogens (tertiary/aromatic N) is 2. The van der Waals surface area contributed by atoms with Crippen molar-refractivity contribution in [2.75, 3.05) is 12.4 Å². The van der Waals surface area contributed by atoms with Crippen LogP contribution in [0.2, 0.25) is 0 Å². The van der Waals surface area contributed by atoms with Crippen LogP contribution in [-0.4, -0.2) is 17.9 Å². The fraction of sp³-hybridized carbons (Fsp3) is 0.368. The van der Waals surface area contributed by atoms with Gasteiger partial charge in [0.15, 0.2) is 12.4 Å². The fourth-order valence-corrected chi connectivity index (χ4v) is 2.86. The molecule has 0 saturated heterocycles. The Labute approximate surface area is 152 Å². The molecule has 7 heteroatoms. The average Bonchev–Trinajstić information content (AvgIpc) is 2.64. The lowest BCUT2D eigenvalue weighted by Gasteiger charge is -2.11. The zero-order chi connectivity index (χ0) is 19.1. The maximum absolute atomic E-state index is 12.3. The van der Waals surface area contributed by atoms with Gasteiger partial charge in [0.05, 0.1) is 23.8 Å². The molecule has 1 N–H and O–H groups in total. The van der Waals surface area contributed by atoms with E-state index in [1.54, 1.807) is 4.57 Å². The molecule has 1 heterocycles. The molecule has 0 saturated carbocycles. The minimum absolute atomic E-state index is 0.0915. The van der Waals surface area contributed by atoms with Crippen LogP contribution in [-0.2, 0) is 11.3 Å². The molecule has 1 amide bonds. The number of benzene rings is 1. The number of nitro benzene ring substituents is 1. The van der Waals surface area contributed by atoms with Gasteiger partial charge in [-0.15, -0.1) is 0 Å². The largest absolute Gasteiger partial charge is 0.494 e. The third-order valence-electron chi connectivity index (χ3n) is 4.37. The van der Waals surface area contributed by atoms with E-state index in [9.17, 15) is 14.9 Å². The summed E-state index contributed by atoms with van der Waals surface area (Å²) < 4.78 is 6.92. The summed E-state index contributed by atoms with van der Waals surface area (Å²) >= 11 is 0. The monoisotopic (exact) mass is 358 g/mol. The van der Waals surface area contributed by atoms with Gasteiger partial charge < -0.3 is 10.1 Å². The molecular weight excluding hydrogens is 334 g/mol. The molecule has 0 atom stereocenters. The number of hydrogen-bond acceptors (Lipinski definition) is 4. The van der Waals surface area contributed by atoms with E-state index in [4.69, 9.17) is 4.74 Å². The Kier molecular flexibility index (Phi) is 6.66. The van der Waals surface area contributed by atoms with Crippen molar-refractivity contribution in [3.05, 3.63) is 58.4 Å². The summed E-state index contributed by atoms with van der Waals surface area (Å²) in [6, 6.07) is 8.16. The maximum atomic E-state index is 12.3. The van der Waals surface area contributed by atoms with Crippen LogP contribution in [0.25, 0.3) is 0 Å². The lowest BCUT2D eigenvalue weighted by molar-refractivity contribution is -0.684. The molecule has 0 bridgehead atoms. The number of aromatic nitrogens is 1. The highest BCUT2D eigenvalue weighted by Crippen LogP contribution is 2.28. The lowest BCUT2D eigenvalue weighted by atomic mass is 9.95. The SMILES string of the molecule is CCC(CC)c1cc[n+](CC(=O)Nc2ccc([N+](=O)[O-])cc2OC)cc1. The van der Waals surface area contributed by atoms with Crippen molar-refractivity contribution < 1.29 is 19.0 Å². The molecule has 1 aromatic heterocycles. The van der Waals surface area contributed by atoms with Crippen LogP contribution >= 0.6 is 0 Å². The van der Waals surface area contributed by atoms with Gasteiger partial charge >= 0.3 is 0 Å². The number of carbonyl (C=O) groups excluding carboxylic acids is 1. The highest BCUT2D eigenvalue weighted by Gasteiger charge is 2.16. The van der Waals surface area contributed by atoms with Crippen LogP contribution < -0.4 is 14.6 Å². The van der Waals surface area contributed by atoms with Crippen molar-refractivity contribution >= 4 is 17.3 Å². The third-order valence-corrected chi connectivity index (χ3v) is 4.37. The van der Waals surface area contributed by atoms with Crippen LogP contribution in [0.1, 0.15) is 38.2 Å². The molecule has 0 radical (unpaired) electrons. The average molecular weight is 358 g/mol. The van der Waals surface area contributed by atoms with E-state index in [2.05, 4.69) is 19.2 Å². The first-order valence-corrected chi connectivity index (χ1v) is 8.59. The Morgan fingerprint density at radius 2 is 1.88 bits per heavy atom. The normalized spacial score (nSPS) is 10.6. The first-order valence-electron chi connectivity index (χ1n) is 8.59. The Hall–Kier alpha value is -2.96. The lowest BCUT2D eigenvalue weighted by Crippen LogP contribution is -2.39. The summed E-state index contributed by atoms with van der Waals surface area (Å²) in [5.41, 5.74) is 1.58. The smallest absolute Gasteiger partial charge is 0.290 e. The molecule has 0 aliphatic rings. The molecule has 2 rings (SSSR count). The van der Waals surface area contributed by atoms with Crippen molar-refractivity contribution in [2.45, 2.75) is 39.2 Å². The first kappa shape index (κ1) is 19.4. The summed E-state index contributed by atoms with van der Waals surface area (Å²) in [6.45, 7) is 4.48. The molecule has 7 nitrogen and oxygen atoms in total. The maximum Gasteiger partial charge on any atom is 0.290 e. The number of pyridine rings is 1. The minimum atomic E-state index is -0.509. The number of non-ortho nitro benzene ring substituents is 1. The van der Waals surface area contributed by atoms with E-state index in [-0.39, 0.29) is 23.9 Å². The Balaban J connectivity index is 2.06. The van der Waals surface area contributed by atoms with Gasteiger partial charge in [-0.25, -0.2) is 0 Å². The third kappa shape index (κ3) is 4.78. The number of methoxy groups -OCH3 is 1. The highest BCUT2D eigenvalue weighted by atomic mass is 16.6. The van der Waals surface area contributed by atoms with Crippen LogP contribution in [0.5, 0.6) is 5.75 Å². The summed E-state index contributed by atoms with van der Waals surface area (Å²) in [4.78, 5) is 22.6. The molecule has 2 aromatic rings. The number of anilines is 1. The van der Waals surface area contributed by atoms with Crippen LogP contribution in [0.4, 0.5) is 11.4 Å². The fourth-order valence-electron chi connectivity index (χ4n) is 2.86. The van der Waals surface area contributed by atoms with Gasteiger partial charge in [-0.3, -0.25) is 14.9 Å². The van der Waals surface area contributed by atoms with E-state index >= 15 is 0 Å². The van der Waals surface area contributed by atoms with E-state index in [0.717, 1.165) is 12.8 Å². The molecule has 0 unspecified atom stereocenters. The molecule has 0 spiro atoms. The van der Waals surface area contributed by atoms with Crippen molar-refractivity contribution in [1.29, 1.82) is 0 Å². The molecule has 0 aliphatic carbocycles. The van der Waals surface area contributed by atoms with Gasteiger partial charge in [0, 0.05) is 18.2 Å². The number of amides is 1.